The van der Waals surface area contributed by atoms with Gasteiger partial charge in [-0.2, -0.15) is 0 Å². The first kappa shape index (κ1) is 21.7. The van der Waals surface area contributed by atoms with Crippen LogP contribution >= 0.6 is 0 Å². The van der Waals surface area contributed by atoms with Gasteiger partial charge in [-0.3, -0.25) is 9.59 Å². The number of furan rings is 1. The number of nitrogens with one attached hydrogen (secondary N) is 1. The second-order valence-electron chi connectivity index (χ2n) is 9.68. The zero-order valence-electron chi connectivity index (χ0n) is 19.2. The van der Waals surface area contributed by atoms with Gasteiger partial charge in [0.1, 0.15) is 22.8 Å². The Morgan fingerprint density at radius 2 is 1.94 bits per heavy atom. The van der Waals surface area contributed by atoms with Gasteiger partial charge in [0.2, 0.25) is 5.91 Å². The fraction of sp³-hybridized carbons (Fsp3) is 0.462. The molecule has 1 fully saturated rings. The standard InChI is InChI=1S/C26H30FN3O3/c1-17-12-21-23(33-17)14-22-24(31)30(15-18-8-7-9-19(27)13-18)26(2,16-29(21)22)25(32)28-20-10-5-3-4-6-11-20/h7-9,12-14,20H,3-6,10-11,15-16H2,1-2H3,(H,28,32)/t26-/m1/s1. The van der Waals surface area contributed by atoms with Gasteiger partial charge in [0.05, 0.1) is 12.1 Å². The Morgan fingerprint density at radius 3 is 2.67 bits per heavy atom. The van der Waals surface area contributed by atoms with E-state index >= 15 is 0 Å². The molecule has 2 aliphatic rings. The van der Waals surface area contributed by atoms with Crippen LogP contribution in [0.5, 0.6) is 0 Å². The lowest BCUT2D eigenvalue weighted by Gasteiger charge is -2.44. The lowest BCUT2D eigenvalue weighted by molar-refractivity contribution is -0.134. The predicted octanol–water partition coefficient (Wildman–Crippen LogP) is 4.94. The van der Waals surface area contributed by atoms with Crippen LogP contribution in [0.3, 0.4) is 0 Å². The zero-order valence-corrected chi connectivity index (χ0v) is 19.2. The summed E-state index contributed by atoms with van der Waals surface area (Å²) in [5.74, 6) is -0.0209. The molecule has 1 aromatic carbocycles. The first-order chi connectivity index (χ1) is 15.8. The van der Waals surface area contributed by atoms with Crippen molar-refractivity contribution in [2.24, 2.45) is 0 Å². The summed E-state index contributed by atoms with van der Waals surface area (Å²) in [5.41, 5.74) is 1.46. The van der Waals surface area contributed by atoms with Crippen LogP contribution in [0, 0.1) is 12.7 Å². The Balaban J connectivity index is 1.53. The van der Waals surface area contributed by atoms with Crippen molar-refractivity contribution in [1.29, 1.82) is 0 Å². The molecule has 0 spiro atoms. The molecule has 3 aromatic rings. The van der Waals surface area contributed by atoms with Gasteiger partial charge in [-0.15, -0.1) is 0 Å². The summed E-state index contributed by atoms with van der Waals surface area (Å²) >= 11 is 0. The number of aromatic nitrogens is 1. The topological polar surface area (TPSA) is 67.5 Å². The molecule has 0 unspecified atom stereocenters. The van der Waals surface area contributed by atoms with E-state index in [1.165, 1.54) is 25.0 Å². The van der Waals surface area contributed by atoms with Gasteiger partial charge in [-0.05, 0) is 44.4 Å². The van der Waals surface area contributed by atoms with Crippen molar-refractivity contribution < 1.29 is 18.4 Å². The fourth-order valence-electron chi connectivity index (χ4n) is 5.29. The number of carbonyl (C=O) groups is 2. The molecule has 2 amide bonds. The highest BCUT2D eigenvalue weighted by Crippen LogP contribution is 2.35. The molecule has 3 heterocycles. The normalized spacial score (nSPS) is 21.8. The quantitative estimate of drug-likeness (QED) is 0.572. The van der Waals surface area contributed by atoms with Gasteiger partial charge in [-0.1, -0.05) is 37.8 Å². The zero-order chi connectivity index (χ0) is 23.2. The predicted molar refractivity (Wildman–Crippen MR) is 123 cm³/mol. The van der Waals surface area contributed by atoms with Crippen molar-refractivity contribution >= 4 is 22.9 Å². The molecule has 5 rings (SSSR count). The molecule has 6 nitrogen and oxygen atoms in total. The average Bonchev–Trinajstić information content (AvgIpc) is 3.16. The molecule has 1 aliphatic heterocycles. The summed E-state index contributed by atoms with van der Waals surface area (Å²) in [6, 6.07) is 9.96. The summed E-state index contributed by atoms with van der Waals surface area (Å²) in [4.78, 5) is 29.1. The molecule has 1 aliphatic carbocycles. The minimum Gasteiger partial charge on any atom is -0.460 e. The monoisotopic (exact) mass is 451 g/mol. The van der Waals surface area contributed by atoms with E-state index in [1.807, 2.05) is 24.5 Å². The van der Waals surface area contributed by atoms with Crippen molar-refractivity contribution in [3.63, 3.8) is 0 Å². The average molecular weight is 452 g/mol. The van der Waals surface area contributed by atoms with Crippen LogP contribution in [0.4, 0.5) is 4.39 Å². The molecule has 1 atom stereocenters. The van der Waals surface area contributed by atoms with E-state index in [4.69, 9.17) is 4.42 Å². The van der Waals surface area contributed by atoms with E-state index in [1.54, 1.807) is 23.1 Å². The second-order valence-corrected chi connectivity index (χ2v) is 9.68. The summed E-state index contributed by atoms with van der Waals surface area (Å²) in [7, 11) is 0. The molecule has 1 saturated carbocycles. The Morgan fingerprint density at radius 1 is 1.18 bits per heavy atom. The van der Waals surface area contributed by atoms with Crippen molar-refractivity contribution in [3.05, 3.63) is 59.2 Å². The SMILES string of the molecule is Cc1cc2c(cc3n2C[C@](C)(C(=O)NC2CCCCCC2)N(Cc2cccc(F)c2)C3=O)o1. The molecule has 2 aromatic heterocycles. The summed E-state index contributed by atoms with van der Waals surface area (Å²) in [6.07, 6.45) is 6.50. The van der Waals surface area contributed by atoms with Gasteiger partial charge in [-0.25, -0.2) is 4.39 Å². The molecular formula is C26H30FN3O3. The Bertz CT molecular complexity index is 1200. The molecule has 174 valence electrons. The molecule has 0 bridgehead atoms. The van der Waals surface area contributed by atoms with Crippen LogP contribution in [-0.2, 0) is 17.9 Å². The van der Waals surface area contributed by atoms with Gasteiger partial charge >= 0.3 is 0 Å². The first-order valence-electron chi connectivity index (χ1n) is 11.8. The third kappa shape index (κ3) is 3.94. The number of hydrogen-bond donors (Lipinski definition) is 1. The lowest BCUT2D eigenvalue weighted by Crippen LogP contribution is -2.64. The van der Waals surface area contributed by atoms with E-state index < -0.39 is 5.54 Å². The van der Waals surface area contributed by atoms with Crippen LogP contribution in [0.25, 0.3) is 11.1 Å². The largest absolute Gasteiger partial charge is 0.460 e. The smallest absolute Gasteiger partial charge is 0.271 e. The number of aryl methyl sites for hydroxylation is 1. The Kier molecular flexibility index (Phi) is 5.51. The van der Waals surface area contributed by atoms with Crippen LogP contribution in [0.2, 0.25) is 0 Å². The number of rotatable bonds is 4. The molecular weight excluding hydrogens is 421 g/mol. The van der Waals surface area contributed by atoms with E-state index in [0.29, 0.717) is 23.4 Å². The number of amides is 2. The third-order valence-electron chi connectivity index (χ3n) is 7.15. The highest BCUT2D eigenvalue weighted by molar-refractivity contribution is 6.03. The minimum atomic E-state index is -1.13. The number of fused-ring (bicyclic) bond motifs is 3. The van der Waals surface area contributed by atoms with Crippen LogP contribution in [-0.4, -0.2) is 32.9 Å². The molecule has 0 saturated heterocycles. The third-order valence-corrected chi connectivity index (χ3v) is 7.15. The van der Waals surface area contributed by atoms with Crippen LogP contribution in [0.15, 0.2) is 40.8 Å². The van der Waals surface area contributed by atoms with Gasteiger partial charge in [0, 0.05) is 24.7 Å². The number of hydrogen-bond acceptors (Lipinski definition) is 3. The maximum absolute atomic E-state index is 13.9. The summed E-state index contributed by atoms with van der Waals surface area (Å²) < 4.78 is 21.5. The van der Waals surface area contributed by atoms with Crippen molar-refractivity contribution in [1.82, 2.24) is 14.8 Å². The lowest BCUT2D eigenvalue weighted by atomic mass is 9.93. The van der Waals surface area contributed by atoms with Crippen molar-refractivity contribution in [3.8, 4) is 0 Å². The van der Waals surface area contributed by atoms with Gasteiger partial charge in [0.25, 0.3) is 5.91 Å². The van der Waals surface area contributed by atoms with Crippen molar-refractivity contribution in [2.75, 3.05) is 0 Å². The summed E-state index contributed by atoms with van der Waals surface area (Å²) in [6.45, 7) is 4.14. The van der Waals surface area contributed by atoms with Crippen LogP contribution in [0.1, 0.15) is 67.3 Å². The maximum atomic E-state index is 13.9. The van der Waals surface area contributed by atoms with E-state index in [-0.39, 0.29) is 30.2 Å². The Hall–Kier alpha value is -3.09. The number of carbonyl (C=O) groups excluding carboxylic acids is 2. The fourth-order valence-corrected chi connectivity index (χ4v) is 5.29. The number of nitrogens with zero attached hydrogens (tertiary/aromatic N) is 2. The summed E-state index contributed by atoms with van der Waals surface area (Å²) in [5, 5.41) is 3.25. The second kappa shape index (κ2) is 8.36. The number of halogens is 1. The van der Waals surface area contributed by atoms with Crippen molar-refractivity contribution in [2.45, 2.75) is 77.0 Å². The van der Waals surface area contributed by atoms with Gasteiger partial charge < -0.3 is 19.2 Å². The van der Waals surface area contributed by atoms with E-state index in [0.717, 1.165) is 37.0 Å². The minimum absolute atomic E-state index is 0.116. The highest BCUT2D eigenvalue weighted by Gasteiger charge is 2.48. The Labute approximate surface area is 192 Å². The van der Waals surface area contributed by atoms with Crippen LogP contribution < -0.4 is 5.32 Å². The molecule has 7 heteroatoms. The highest BCUT2D eigenvalue weighted by atomic mass is 19.1. The van der Waals surface area contributed by atoms with Gasteiger partial charge in [0.15, 0.2) is 5.58 Å². The molecule has 1 N–H and O–H groups in total. The van der Waals surface area contributed by atoms with E-state index in [9.17, 15) is 14.0 Å². The molecule has 33 heavy (non-hydrogen) atoms. The van der Waals surface area contributed by atoms with E-state index in [2.05, 4.69) is 5.32 Å². The number of benzene rings is 1. The molecule has 0 radical (unpaired) electrons. The first-order valence-corrected chi connectivity index (χ1v) is 11.8. The maximum Gasteiger partial charge on any atom is 0.271 e.